The summed E-state index contributed by atoms with van der Waals surface area (Å²) in [6.45, 7) is 2.59. The number of hydrogen-bond acceptors (Lipinski definition) is 2. The average molecular weight is 301 g/mol. The van der Waals surface area contributed by atoms with Crippen molar-refractivity contribution in [2.24, 2.45) is 0 Å². The van der Waals surface area contributed by atoms with E-state index in [1.165, 1.54) is 17.7 Å². The zero-order valence-corrected chi connectivity index (χ0v) is 12.6. The van der Waals surface area contributed by atoms with Gasteiger partial charge in [0.15, 0.2) is 6.61 Å². The third-order valence-electron chi connectivity index (χ3n) is 3.35. The molecule has 2 rings (SSSR count). The number of aryl methyl sites for hydroxylation is 1. The van der Waals surface area contributed by atoms with Crippen LogP contribution in [0.2, 0.25) is 0 Å². The summed E-state index contributed by atoms with van der Waals surface area (Å²) in [5.41, 5.74) is 2.22. The summed E-state index contributed by atoms with van der Waals surface area (Å²) in [6.07, 6.45) is 1.64. The summed E-state index contributed by atoms with van der Waals surface area (Å²) < 4.78 is 18.2. The maximum atomic E-state index is 12.8. The maximum absolute atomic E-state index is 12.8. The molecule has 0 aromatic heterocycles. The molecule has 1 N–H and O–H groups in total. The normalized spacial score (nSPS) is 10.3. The molecule has 0 saturated carbocycles. The summed E-state index contributed by atoms with van der Waals surface area (Å²) >= 11 is 0. The molecule has 3 nitrogen and oxygen atoms in total. The molecule has 0 aliphatic rings. The SMILES string of the molecule is CCc1ccc(OCC(=O)NCCc2ccc(F)cc2)cc1. The first kappa shape index (κ1) is 16.0. The van der Waals surface area contributed by atoms with Crippen LogP contribution in [0.15, 0.2) is 48.5 Å². The number of benzene rings is 2. The monoisotopic (exact) mass is 301 g/mol. The lowest BCUT2D eigenvalue weighted by Crippen LogP contribution is -2.30. The second kappa shape index (κ2) is 8.17. The number of halogens is 1. The summed E-state index contributed by atoms with van der Waals surface area (Å²) in [6, 6.07) is 14.0. The van der Waals surface area contributed by atoms with Crippen LogP contribution in [0.5, 0.6) is 5.75 Å². The quantitative estimate of drug-likeness (QED) is 0.853. The van der Waals surface area contributed by atoms with Crippen molar-refractivity contribution in [1.29, 1.82) is 0 Å². The smallest absolute Gasteiger partial charge is 0.257 e. The van der Waals surface area contributed by atoms with Crippen molar-refractivity contribution in [3.63, 3.8) is 0 Å². The molecule has 22 heavy (non-hydrogen) atoms. The van der Waals surface area contributed by atoms with E-state index in [2.05, 4.69) is 12.2 Å². The minimum Gasteiger partial charge on any atom is -0.484 e. The second-order valence-corrected chi connectivity index (χ2v) is 5.01. The molecule has 116 valence electrons. The van der Waals surface area contributed by atoms with E-state index in [0.29, 0.717) is 18.7 Å². The molecule has 4 heteroatoms. The van der Waals surface area contributed by atoms with Gasteiger partial charge in [-0.15, -0.1) is 0 Å². The lowest BCUT2D eigenvalue weighted by molar-refractivity contribution is -0.123. The fourth-order valence-electron chi connectivity index (χ4n) is 2.02. The van der Waals surface area contributed by atoms with Crippen LogP contribution in [0.1, 0.15) is 18.1 Å². The lowest BCUT2D eigenvalue weighted by atomic mass is 10.1. The molecular weight excluding hydrogens is 281 g/mol. The zero-order chi connectivity index (χ0) is 15.8. The predicted octanol–water partition coefficient (Wildman–Crippen LogP) is 3.13. The summed E-state index contributed by atoms with van der Waals surface area (Å²) in [4.78, 5) is 11.7. The Kier molecular flexibility index (Phi) is 5.95. The van der Waals surface area contributed by atoms with Gasteiger partial charge in [0.2, 0.25) is 0 Å². The third-order valence-corrected chi connectivity index (χ3v) is 3.35. The molecule has 0 radical (unpaired) electrons. The fourth-order valence-corrected chi connectivity index (χ4v) is 2.02. The molecule has 2 aromatic rings. The summed E-state index contributed by atoms with van der Waals surface area (Å²) in [7, 11) is 0. The van der Waals surface area contributed by atoms with Gasteiger partial charge in [0.1, 0.15) is 11.6 Å². The summed E-state index contributed by atoms with van der Waals surface area (Å²) in [5, 5.41) is 2.78. The van der Waals surface area contributed by atoms with Crippen LogP contribution in [0.4, 0.5) is 4.39 Å². The number of hydrogen-bond donors (Lipinski definition) is 1. The van der Waals surface area contributed by atoms with Gasteiger partial charge >= 0.3 is 0 Å². The van der Waals surface area contributed by atoms with Crippen molar-refractivity contribution in [2.45, 2.75) is 19.8 Å². The van der Waals surface area contributed by atoms with Gasteiger partial charge < -0.3 is 10.1 Å². The molecule has 0 bridgehead atoms. The Morgan fingerprint density at radius 3 is 2.32 bits per heavy atom. The van der Waals surface area contributed by atoms with E-state index >= 15 is 0 Å². The highest BCUT2D eigenvalue weighted by atomic mass is 19.1. The molecule has 0 heterocycles. The second-order valence-electron chi connectivity index (χ2n) is 5.01. The van der Waals surface area contributed by atoms with Crippen LogP contribution in [0.25, 0.3) is 0 Å². The van der Waals surface area contributed by atoms with Gasteiger partial charge in [-0.05, 0) is 48.2 Å². The molecule has 0 fully saturated rings. The number of ether oxygens (including phenoxy) is 1. The molecule has 0 aliphatic carbocycles. The number of amides is 1. The molecule has 2 aromatic carbocycles. The molecule has 0 saturated heterocycles. The minimum atomic E-state index is -0.254. The van der Waals surface area contributed by atoms with Gasteiger partial charge in [0, 0.05) is 6.54 Å². The van der Waals surface area contributed by atoms with E-state index in [1.54, 1.807) is 12.1 Å². The highest BCUT2D eigenvalue weighted by Gasteiger charge is 2.03. The van der Waals surface area contributed by atoms with Crippen molar-refractivity contribution in [3.8, 4) is 5.75 Å². The molecule has 0 aliphatic heterocycles. The molecule has 1 amide bonds. The van der Waals surface area contributed by atoms with E-state index in [1.807, 2.05) is 24.3 Å². The van der Waals surface area contributed by atoms with Crippen LogP contribution in [-0.2, 0) is 17.6 Å². The first-order valence-corrected chi connectivity index (χ1v) is 7.40. The van der Waals surface area contributed by atoms with Crippen molar-refractivity contribution in [2.75, 3.05) is 13.2 Å². The van der Waals surface area contributed by atoms with Gasteiger partial charge in [0.25, 0.3) is 5.91 Å². The van der Waals surface area contributed by atoms with E-state index in [-0.39, 0.29) is 18.3 Å². The number of carbonyl (C=O) groups excluding carboxylic acids is 1. The van der Waals surface area contributed by atoms with Crippen molar-refractivity contribution < 1.29 is 13.9 Å². The van der Waals surface area contributed by atoms with Crippen LogP contribution in [0.3, 0.4) is 0 Å². The Balaban J connectivity index is 1.68. The van der Waals surface area contributed by atoms with E-state index in [4.69, 9.17) is 4.74 Å². The number of nitrogens with one attached hydrogen (secondary N) is 1. The standard InChI is InChI=1S/C18H20FNO2/c1-2-14-5-9-17(10-6-14)22-13-18(21)20-12-11-15-3-7-16(19)8-4-15/h3-10H,2,11-13H2,1H3,(H,20,21). The first-order chi connectivity index (χ1) is 10.7. The van der Waals surface area contributed by atoms with Crippen molar-refractivity contribution >= 4 is 5.91 Å². The molecule has 0 spiro atoms. The van der Waals surface area contributed by atoms with E-state index < -0.39 is 0 Å². The Bertz CT molecular complexity index is 593. The Morgan fingerprint density at radius 2 is 1.68 bits per heavy atom. The van der Waals surface area contributed by atoms with E-state index in [0.717, 1.165) is 12.0 Å². The molecule has 0 unspecified atom stereocenters. The predicted molar refractivity (Wildman–Crippen MR) is 84.4 cm³/mol. The van der Waals surface area contributed by atoms with Crippen LogP contribution in [0, 0.1) is 5.82 Å². The fraction of sp³-hybridized carbons (Fsp3) is 0.278. The van der Waals surface area contributed by atoms with E-state index in [9.17, 15) is 9.18 Å². The highest BCUT2D eigenvalue weighted by Crippen LogP contribution is 2.12. The first-order valence-electron chi connectivity index (χ1n) is 7.40. The largest absolute Gasteiger partial charge is 0.484 e. The Labute approximate surface area is 130 Å². The lowest BCUT2D eigenvalue weighted by Gasteiger charge is -2.08. The van der Waals surface area contributed by atoms with Gasteiger partial charge in [0.05, 0.1) is 0 Å². The number of carbonyl (C=O) groups is 1. The van der Waals surface area contributed by atoms with Crippen molar-refractivity contribution in [3.05, 3.63) is 65.5 Å². The van der Waals surface area contributed by atoms with Gasteiger partial charge in [-0.1, -0.05) is 31.2 Å². The molecule has 0 atom stereocenters. The van der Waals surface area contributed by atoms with Crippen LogP contribution < -0.4 is 10.1 Å². The highest BCUT2D eigenvalue weighted by molar-refractivity contribution is 5.77. The van der Waals surface area contributed by atoms with Crippen LogP contribution in [-0.4, -0.2) is 19.1 Å². The van der Waals surface area contributed by atoms with Gasteiger partial charge in [-0.25, -0.2) is 4.39 Å². The third kappa shape index (κ3) is 5.20. The Hall–Kier alpha value is -2.36. The molecular formula is C18H20FNO2. The number of rotatable bonds is 7. The summed E-state index contributed by atoms with van der Waals surface area (Å²) in [5.74, 6) is 0.267. The average Bonchev–Trinajstić information content (AvgIpc) is 2.55. The minimum absolute atomic E-state index is 0.00507. The van der Waals surface area contributed by atoms with Crippen LogP contribution >= 0.6 is 0 Å². The topological polar surface area (TPSA) is 38.3 Å². The van der Waals surface area contributed by atoms with Crippen molar-refractivity contribution in [1.82, 2.24) is 5.32 Å². The van der Waals surface area contributed by atoms with Gasteiger partial charge in [-0.3, -0.25) is 4.79 Å². The van der Waals surface area contributed by atoms with Gasteiger partial charge in [-0.2, -0.15) is 0 Å². The Morgan fingerprint density at radius 1 is 1.05 bits per heavy atom. The maximum Gasteiger partial charge on any atom is 0.257 e. The zero-order valence-electron chi connectivity index (χ0n) is 12.6.